The standard InChI is InChI=1S/C13H18N4O/c1-10-8-12-13(14-4-5-17(12)16-10)15-9-11-2-6-18-7-3-11/h4-5,8,11H,2-3,6-7,9H2,1H3,(H,14,15). The van der Waals surface area contributed by atoms with E-state index >= 15 is 0 Å². The van der Waals surface area contributed by atoms with Gasteiger partial charge >= 0.3 is 0 Å². The molecule has 96 valence electrons. The Labute approximate surface area is 106 Å². The molecule has 0 aliphatic carbocycles. The first-order valence-corrected chi connectivity index (χ1v) is 6.45. The van der Waals surface area contributed by atoms with Crippen molar-refractivity contribution in [2.24, 2.45) is 5.92 Å². The molecule has 0 atom stereocenters. The van der Waals surface area contributed by atoms with E-state index in [2.05, 4.69) is 21.5 Å². The molecule has 5 nitrogen and oxygen atoms in total. The third-order valence-electron chi connectivity index (χ3n) is 3.41. The highest BCUT2D eigenvalue weighted by Crippen LogP contribution is 2.18. The van der Waals surface area contributed by atoms with Gasteiger partial charge in [0.2, 0.25) is 0 Å². The van der Waals surface area contributed by atoms with Gasteiger partial charge in [0, 0.05) is 32.2 Å². The average Bonchev–Trinajstić information content (AvgIpc) is 2.78. The van der Waals surface area contributed by atoms with Gasteiger partial charge in [-0.15, -0.1) is 0 Å². The smallest absolute Gasteiger partial charge is 0.152 e. The molecule has 0 saturated carbocycles. The Hall–Kier alpha value is -1.62. The van der Waals surface area contributed by atoms with Gasteiger partial charge in [-0.25, -0.2) is 9.50 Å². The van der Waals surface area contributed by atoms with Gasteiger partial charge in [0.25, 0.3) is 0 Å². The van der Waals surface area contributed by atoms with E-state index in [1.54, 1.807) is 6.20 Å². The van der Waals surface area contributed by atoms with Crippen LogP contribution in [0, 0.1) is 12.8 Å². The van der Waals surface area contributed by atoms with Crippen molar-refractivity contribution in [1.29, 1.82) is 0 Å². The minimum Gasteiger partial charge on any atom is -0.381 e. The second-order valence-electron chi connectivity index (χ2n) is 4.83. The molecular formula is C13H18N4O. The van der Waals surface area contributed by atoms with Crippen LogP contribution in [-0.4, -0.2) is 34.4 Å². The lowest BCUT2D eigenvalue weighted by Gasteiger charge is -2.22. The zero-order valence-electron chi connectivity index (χ0n) is 10.6. The number of hydrogen-bond donors (Lipinski definition) is 1. The van der Waals surface area contributed by atoms with E-state index in [0.29, 0.717) is 5.92 Å². The summed E-state index contributed by atoms with van der Waals surface area (Å²) in [4.78, 5) is 4.40. The average molecular weight is 246 g/mol. The summed E-state index contributed by atoms with van der Waals surface area (Å²) in [6.45, 7) is 4.72. The van der Waals surface area contributed by atoms with Gasteiger partial charge in [-0.3, -0.25) is 0 Å². The molecule has 3 heterocycles. The van der Waals surface area contributed by atoms with Crippen LogP contribution in [0.2, 0.25) is 0 Å². The first-order valence-electron chi connectivity index (χ1n) is 6.45. The summed E-state index contributed by atoms with van der Waals surface area (Å²) in [5.74, 6) is 1.61. The topological polar surface area (TPSA) is 51.5 Å². The molecule has 1 N–H and O–H groups in total. The van der Waals surface area contributed by atoms with Crippen molar-refractivity contribution in [3.05, 3.63) is 24.2 Å². The molecule has 2 aromatic rings. The lowest BCUT2D eigenvalue weighted by Crippen LogP contribution is -2.23. The first-order chi connectivity index (χ1) is 8.83. The van der Waals surface area contributed by atoms with Crippen molar-refractivity contribution in [3.8, 4) is 0 Å². The summed E-state index contributed by atoms with van der Waals surface area (Å²) < 4.78 is 7.24. The molecule has 1 aliphatic heterocycles. The maximum atomic E-state index is 5.37. The Kier molecular flexibility index (Phi) is 3.15. The third-order valence-corrected chi connectivity index (χ3v) is 3.41. The van der Waals surface area contributed by atoms with E-state index in [4.69, 9.17) is 4.74 Å². The largest absolute Gasteiger partial charge is 0.381 e. The van der Waals surface area contributed by atoms with Gasteiger partial charge in [-0.1, -0.05) is 0 Å². The van der Waals surface area contributed by atoms with E-state index in [0.717, 1.165) is 49.6 Å². The van der Waals surface area contributed by atoms with Crippen LogP contribution < -0.4 is 5.32 Å². The minimum atomic E-state index is 0.685. The Bertz CT molecular complexity index is 531. The first kappa shape index (κ1) is 11.5. The van der Waals surface area contributed by atoms with Crippen LogP contribution in [0.4, 0.5) is 5.82 Å². The number of rotatable bonds is 3. The van der Waals surface area contributed by atoms with Crippen molar-refractivity contribution in [2.45, 2.75) is 19.8 Å². The third kappa shape index (κ3) is 2.31. The molecule has 1 aliphatic rings. The van der Waals surface area contributed by atoms with Crippen LogP contribution in [0.5, 0.6) is 0 Å². The number of nitrogens with zero attached hydrogens (tertiary/aromatic N) is 3. The number of fused-ring (bicyclic) bond motifs is 1. The van der Waals surface area contributed by atoms with E-state index in [1.165, 1.54) is 0 Å². The molecule has 1 saturated heterocycles. The Morgan fingerprint density at radius 2 is 2.28 bits per heavy atom. The predicted molar refractivity (Wildman–Crippen MR) is 69.8 cm³/mol. The fourth-order valence-electron chi connectivity index (χ4n) is 2.37. The summed E-state index contributed by atoms with van der Waals surface area (Å²) in [5, 5.41) is 7.83. The summed E-state index contributed by atoms with van der Waals surface area (Å²) in [6.07, 6.45) is 5.93. The second-order valence-corrected chi connectivity index (χ2v) is 4.83. The molecule has 0 bridgehead atoms. The van der Waals surface area contributed by atoms with Gasteiger partial charge in [0.05, 0.1) is 5.69 Å². The Morgan fingerprint density at radius 1 is 1.44 bits per heavy atom. The lowest BCUT2D eigenvalue weighted by molar-refractivity contribution is 0.0699. The fraction of sp³-hybridized carbons (Fsp3) is 0.538. The second kappa shape index (κ2) is 4.94. The van der Waals surface area contributed by atoms with Crippen LogP contribution in [-0.2, 0) is 4.74 Å². The van der Waals surface area contributed by atoms with Crippen molar-refractivity contribution >= 4 is 11.3 Å². The van der Waals surface area contributed by atoms with Gasteiger partial charge in [0.15, 0.2) is 5.82 Å². The van der Waals surface area contributed by atoms with Crippen LogP contribution in [0.15, 0.2) is 18.5 Å². The van der Waals surface area contributed by atoms with E-state index in [9.17, 15) is 0 Å². The normalized spacial score (nSPS) is 17.2. The SMILES string of the molecule is Cc1cc2c(NCC3CCOCC3)nccn2n1. The molecule has 0 amide bonds. The van der Waals surface area contributed by atoms with Gasteiger partial charge < -0.3 is 10.1 Å². The number of nitrogens with one attached hydrogen (secondary N) is 1. The van der Waals surface area contributed by atoms with E-state index < -0.39 is 0 Å². The zero-order chi connectivity index (χ0) is 12.4. The predicted octanol–water partition coefficient (Wildman–Crippen LogP) is 1.88. The van der Waals surface area contributed by atoms with Gasteiger partial charge in [-0.2, -0.15) is 5.10 Å². The highest BCUT2D eigenvalue weighted by atomic mass is 16.5. The van der Waals surface area contributed by atoms with Crippen LogP contribution in [0.1, 0.15) is 18.5 Å². The van der Waals surface area contributed by atoms with Crippen LogP contribution in [0.25, 0.3) is 5.52 Å². The van der Waals surface area contributed by atoms with Crippen LogP contribution >= 0.6 is 0 Å². The quantitative estimate of drug-likeness (QED) is 0.898. The number of ether oxygens (including phenoxy) is 1. The molecular weight excluding hydrogens is 228 g/mol. The minimum absolute atomic E-state index is 0.685. The fourth-order valence-corrected chi connectivity index (χ4v) is 2.37. The number of aromatic nitrogens is 3. The molecule has 18 heavy (non-hydrogen) atoms. The van der Waals surface area contributed by atoms with Crippen LogP contribution in [0.3, 0.4) is 0 Å². The maximum Gasteiger partial charge on any atom is 0.152 e. The molecule has 0 aromatic carbocycles. The highest BCUT2D eigenvalue weighted by Gasteiger charge is 2.14. The summed E-state index contributed by atoms with van der Waals surface area (Å²) in [6, 6.07) is 2.05. The maximum absolute atomic E-state index is 5.37. The Balaban J connectivity index is 1.73. The zero-order valence-corrected chi connectivity index (χ0v) is 10.6. The number of hydrogen-bond acceptors (Lipinski definition) is 4. The monoisotopic (exact) mass is 246 g/mol. The van der Waals surface area contributed by atoms with Crippen molar-refractivity contribution in [3.63, 3.8) is 0 Å². The number of aryl methyl sites for hydroxylation is 1. The van der Waals surface area contributed by atoms with Gasteiger partial charge in [0.1, 0.15) is 5.52 Å². The Morgan fingerprint density at radius 3 is 3.11 bits per heavy atom. The molecule has 1 fully saturated rings. The van der Waals surface area contributed by atoms with Crippen molar-refractivity contribution < 1.29 is 4.74 Å². The lowest BCUT2D eigenvalue weighted by atomic mass is 10.0. The van der Waals surface area contributed by atoms with Gasteiger partial charge in [-0.05, 0) is 31.7 Å². The molecule has 0 spiro atoms. The van der Waals surface area contributed by atoms with E-state index in [-0.39, 0.29) is 0 Å². The van der Waals surface area contributed by atoms with Crippen molar-refractivity contribution in [1.82, 2.24) is 14.6 Å². The summed E-state index contributed by atoms with van der Waals surface area (Å²) in [7, 11) is 0. The number of anilines is 1. The van der Waals surface area contributed by atoms with Crippen molar-refractivity contribution in [2.75, 3.05) is 25.1 Å². The molecule has 0 unspecified atom stereocenters. The molecule has 2 aromatic heterocycles. The summed E-state index contributed by atoms with van der Waals surface area (Å²) in [5.41, 5.74) is 2.05. The molecule has 0 radical (unpaired) electrons. The molecule has 5 heteroatoms. The van der Waals surface area contributed by atoms with E-state index in [1.807, 2.05) is 17.6 Å². The summed E-state index contributed by atoms with van der Waals surface area (Å²) >= 11 is 0. The molecule has 3 rings (SSSR count). The highest BCUT2D eigenvalue weighted by molar-refractivity contribution is 5.67.